The van der Waals surface area contributed by atoms with Gasteiger partial charge in [-0.15, -0.1) is 5.10 Å². The molecule has 0 spiro atoms. The third kappa shape index (κ3) is 2.30. The Labute approximate surface area is 83.9 Å². The summed E-state index contributed by atoms with van der Waals surface area (Å²) in [6.07, 6.45) is 2.19. The molecule has 1 rings (SSSR count). The monoisotopic (exact) mass is 198 g/mol. The summed E-state index contributed by atoms with van der Waals surface area (Å²) in [6, 6.07) is -0.134. The molecule has 0 amide bonds. The Hall–Kier alpha value is -0.940. The molecule has 5 nitrogen and oxygen atoms in total. The molecule has 0 saturated carbocycles. The molecular formula is C9H18N4O. The number of nitrogens with zero attached hydrogens (tertiary/aromatic N) is 3. The standard InChI is InChI=1S/C9H18N4O/c1-4-8(10)9-5-13(12-11-9)6(2)7(3)14/h5-8,14H,4,10H2,1-3H3. The fraction of sp³-hybridized carbons (Fsp3) is 0.778. The van der Waals surface area contributed by atoms with E-state index in [0.717, 1.165) is 12.1 Å². The van der Waals surface area contributed by atoms with Crippen molar-refractivity contribution in [2.45, 2.75) is 45.4 Å². The van der Waals surface area contributed by atoms with Gasteiger partial charge in [-0.25, -0.2) is 4.68 Å². The summed E-state index contributed by atoms with van der Waals surface area (Å²) < 4.78 is 1.65. The van der Waals surface area contributed by atoms with Crippen molar-refractivity contribution in [3.63, 3.8) is 0 Å². The third-order valence-electron chi connectivity index (χ3n) is 2.46. The Kier molecular flexibility index (Phi) is 3.60. The van der Waals surface area contributed by atoms with Crippen LogP contribution in [0.2, 0.25) is 0 Å². The summed E-state index contributed by atoms with van der Waals surface area (Å²) in [5, 5.41) is 17.3. The molecule has 0 radical (unpaired) electrons. The van der Waals surface area contributed by atoms with Gasteiger partial charge in [0.05, 0.1) is 30.1 Å². The normalized spacial score (nSPS) is 17.8. The maximum absolute atomic E-state index is 9.36. The molecule has 0 aromatic carbocycles. The largest absolute Gasteiger partial charge is 0.391 e. The molecule has 0 aliphatic carbocycles. The minimum Gasteiger partial charge on any atom is -0.391 e. The highest BCUT2D eigenvalue weighted by atomic mass is 16.3. The van der Waals surface area contributed by atoms with E-state index in [0.29, 0.717) is 0 Å². The molecule has 80 valence electrons. The van der Waals surface area contributed by atoms with Gasteiger partial charge in [0.15, 0.2) is 0 Å². The highest BCUT2D eigenvalue weighted by Crippen LogP contribution is 2.13. The first-order valence-electron chi connectivity index (χ1n) is 4.91. The maximum Gasteiger partial charge on any atom is 0.0994 e. The molecule has 3 atom stereocenters. The van der Waals surface area contributed by atoms with Crippen molar-refractivity contribution in [1.29, 1.82) is 0 Å². The fourth-order valence-electron chi connectivity index (χ4n) is 1.09. The Balaban J connectivity index is 2.77. The summed E-state index contributed by atoms with van der Waals surface area (Å²) in [7, 11) is 0. The Morgan fingerprint density at radius 1 is 1.57 bits per heavy atom. The number of aliphatic hydroxyl groups is 1. The van der Waals surface area contributed by atoms with Crippen LogP contribution >= 0.6 is 0 Å². The van der Waals surface area contributed by atoms with Crippen LogP contribution in [-0.4, -0.2) is 26.2 Å². The van der Waals surface area contributed by atoms with Crippen LogP contribution < -0.4 is 5.73 Å². The molecule has 0 aliphatic rings. The van der Waals surface area contributed by atoms with Crippen LogP contribution in [0.15, 0.2) is 6.20 Å². The molecular weight excluding hydrogens is 180 g/mol. The predicted molar refractivity (Wildman–Crippen MR) is 53.6 cm³/mol. The summed E-state index contributed by atoms with van der Waals surface area (Å²) >= 11 is 0. The zero-order chi connectivity index (χ0) is 10.7. The van der Waals surface area contributed by atoms with Crippen molar-refractivity contribution >= 4 is 0 Å². The number of aliphatic hydroxyl groups excluding tert-OH is 1. The summed E-state index contributed by atoms with van der Waals surface area (Å²) in [5.74, 6) is 0. The molecule has 1 aromatic rings. The first kappa shape index (κ1) is 11.1. The summed E-state index contributed by atoms with van der Waals surface area (Å²) in [4.78, 5) is 0. The lowest BCUT2D eigenvalue weighted by atomic mass is 10.2. The van der Waals surface area contributed by atoms with Gasteiger partial charge < -0.3 is 10.8 Å². The second kappa shape index (κ2) is 4.52. The quantitative estimate of drug-likeness (QED) is 0.744. The van der Waals surface area contributed by atoms with E-state index in [1.54, 1.807) is 17.8 Å². The van der Waals surface area contributed by atoms with Gasteiger partial charge in [-0.05, 0) is 20.3 Å². The lowest BCUT2D eigenvalue weighted by Crippen LogP contribution is -2.18. The second-order valence-corrected chi connectivity index (χ2v) is 3.62. The minimum atomic E-state index is -0.442. The van der Waals surface area contributed by atoms with Gasteiger partial charge >= 0.3 is 0 Å². The molecule has 0 aliphatic heterocycles. The van der Waals surface area contributed by atoms with Crippen molar-refractivity contribution < 1.29 is 5.11 Å². The number of hydrogen-bond acceptors (Lipinski definition) is 4. The van der Waals surface area contributed by atoms with Crippen LogP contribution in [0.25, 0.3) is 0 Å². The van der Waals surface area contributed by atoms with E-state index in [9.17, 15) is 5.11 Å². The topological polar surface area (TPSA) is 77.0 Å². The Morgan fingerprint density at radius 3 is 2.71 bits per heavy atom. The van der Waals surface area contributed by atoms with Gasteiger partial charge in [0.1, 0.15) is 0 Å². The first-order chi connectivity index (χ1) is 6.56. The molecule has 0 fully saturated rings. The van der Waals surface area contributed by atoms with E-state index < -0.39 is 6.10 Å². The van der Waals surface area contributed by atoms with Crippen LogP contribution in [0.3, 0.4) is 0 Å². The van der Waals surface area contributed by atoms with Crippen LogP contribution in [0.5, 0.6) is 0 Å². The average Bonchev–Trinajstić information content (AvgIpc) is 2.64. The van der Waals surface area contributed by atoms with Gasteiger partial charge in [-0.1, -0.05) is 12.1 Å². The lowest BCUT2D eigenvalue weighted by Gasteiger charge is -2.13. The van der Waals surface area contributed by atoms with Gasteiger partial charge in [0.25, 0.3) is 0 Å². The SMILES string of the molecule is CCC(N)c1cn(C(C)C(C)O)nn1. The number of nitrogens with two attached hydrogens (primary N) is 1. The smallest absolute Gasteiger partial charge is 0.0994 e. The highest BCUT2D eigenvalue weighted by molar-refractivity contribution is 4.99. The minimum absolute atomic E-state index is 0.0649. The summed E-state index contributed by atoms with van der Waals surface area (Å²) in [6.45, 7) is 5.62. The molecule has 14 heavy (non-hydrogen) atoms. The Bertz CT molecular complexity index is 284. The van der Waals surface area contributed by atoms with Gasteiger partial charge in [0, 0.05) is 0 Å². The molecule has 5 heteroatoms. The Morgan fingerprint density at radius 2 is 2.21 bits per heavy atom. The van der Waals surface area contributed by atoms with E-state index in [1.165, 1.54) is 0 Å². The van der Waals surface area contributed by atoms with Crippen molar-refractivity contribution in [1.82, 2.24) is 15.0 Å². The van der Waals surface area contributed by atoms with Crippen molar-refractivity contribution in [2.24, 2.45) is 5.73 Å². The van der Waals surface area contributed by atoms with Crippen LogP contribution in [0.1, 0.15) is 45.0 Å². The van der Waals surface area contributed by atoms with E-state index in [1.807, 2.05) is 13.8 Å². The molecule has 1 heterocycles. The van der Waals surface area contributed by atoms with Crippen LogP contribution in [0.4, 0.5) is 0 Å². The van der Waals surface area contributed by atoms with Crippen molar-refractivity contribution in [2.75, 3.05) is 0 Å². The van der Waals surface area contributed by atoms with E-state index in [4.69, 9.17) is 5.73 Å². The van der Waals surface area contributed by atoms with Crippen LogP contribution in [-0.2, 0) is 0 Å². The maximum atomic E-state index is 9.36. The molecule has 3 N–H and O–H groups in total. The fourth-order valence-corrected chi connectivity index (χ4v) is 1.09. The van der Waals surface area contributed by atoms with Crippen molar-refractivity contribution in [3.05, 3.63) is 11.9 Å². The van der Waals surface area contributed by atoms with E-state index >= 15 is 0 Å². The zero-order valence-corrected chi connectivity index (χ0v) is 8.88. The van der Waals surface area contributed by atoms with Gasteiger partial charge in [0.2, 0.25) is 0 Å². The van der Waals surface area contributed by atoms with Crippen molar-refractivity contribution in [3.8, 4) is 0 Å². The number of aromatic nitrogens is 3. The highest BCUT2D eigenvalue weighted by Gasteiger charge is 2.15. The summed E-state index contributed by atoms with van der Waals surface area (Å²) in [5.41, 5.74) is 6.58. The van der Waals surface area contributed by atoms with E-state index in [-0.39, 0.29) is 12.1 Å². The van der Waals surface area contributed by atoms with E-state index in [2.05, 4.69) is 10.3 Å². The van der Waals surface area contributed by atoms with Gasteiger partial charge in [-0.2, -0.15) is 0 Å². The number of hydrogen-bond donors (Lipinski definition) is 2. The zero-order valence-electron chi connectivity index (χ0n) is 8.88. The molecule has 0 bridgehead atoms. The second-order valence-electron chi connectivity index (χ2n) is 3.62. The molecule has 0 saturated heterocycles. The van der Waals surface area contributed by atoms with Crippen LogP contribution in [0, 0.1) is 0 Å². The third-order valence-corrected chi connectivity index (χ3v) is 2.46. The molecule has 3 unspecified atom stereocenters. The predicted octanol–water partition coefficient (Wildman–Crippen LogP) is 0.630. The number of rotatable bonds is 4. The molecule has 1 aromatic heterocycles. The first-order valence-corrected chi connectivity index (χ1v) is 4.91. The van der Waals surface area contributed by atoms with Gasteiger partial charge in [-0.3, -0.25) is 0 Å². The average molecular weight is 198 g/mol. The lowest BCUT2D eigenvalue weighted by molar-refractivity contribution is 0.131.